The number of hydrogen-bond donors (Lipinski definition) is 0. The standard InChI is InChI=1S/C31H35N3O3/c1-21(22-12-14-24(36-5)15-13-22)33-18-8-11-28(33)23-16-17-32-27(19-23)26-20-34(30(35)37-31(2,3)4)29-10-7-6-9-25(26)29/h6-7,9-10,12-17,19-21,28H,8,11,18H2,1-5H3/t21-,28?/m1/s1. The molecule has 192 valence electrons. The SMILES string of the molecule is COc1ccc([C@@H](C)N2CCCC2c2ccnc(-c3cn(C(=O)OC(C)(C)C)c4ccccc34)c2)cc1. The molecule has 0 saturated carbocycles. The highest BCUT2D eigenvalue weighted by molar-refractivity contribution is 6.00. The summed E-state index contributed by atoms with van der Waals surface area (Å²) in [6.45, 7) is 8.96. The summed E-state index contributed by atoms with van der Waals surface area (Å²) in [6, 6.07) is 21.2. The molecule has 2 atom stereocenters. The summed E-state index contributed by atoms with van der Waals surface area (Å²) >= 11 is 0. The molecule has 0 aliphatic carbocycles. The summed E-state index contributed by atoms with van der Waals surface area (Å²) in [4.78, 5) is 20.3. The van der Waals surface area contributed by atoms with Crippen LogP contribution in [-0.2, 0) is 4.74 Å². The van der Waals surface area contributed by atoms with Gasteiger partial charge in [0.25, 0.3) is 0 Å². The van der Waals surface area contributed by atoms with Crippen molar-refractivity contribution in [3.05, 3.63) is 84.2 Å². The molecule has 37 heavy (non-hydrogen) atoms. The highest BCUT2D eigenvalue weighted by atomic mass is 16.6. The molecule has 0 radical (unpaired) electrons. The van der Waals surface area contributed by atoms with Crippen molar-refractivity contribution in [1.82, 2.24) is 14.5 Å². The van der Waals surface area contributed by atoms with Gasteiger partial charge in [0.05, 0.1) is 18.3 Å². The first-order chi connectivity index (χ1) is 17.7. The summed E-state index contributed by atoms with van der Waals surface area (Å²) in [7, 11) is 1.70. The summed E-state index contributed by atoms with van der Waals surface area (Å²) in [5, 5.41) is 0.980. The lowest BCUT2D eigenvalue weighted by Crippen LogP contribution is -2.26. The number of carbonyl (C=O) groups excluding carboxylic acids is 1. The fourth-order valence-electron chi connectivity index (χ4n) is 5.33. The molecule has 4 aromatic rings. The summed E-state index contributed by atoms with van der Waals surface area (Å²) in [5.74, 6) is 0.873. The highest BCUT2D eigenvalue weighted by Gasteiger charge is 2.31. The fraction of sp³-hybridized carbons (Fsp3) is 0.355. The number of methoxy groups -OCH3 is 1. The van der Waals surface area contributed by atoms with Crippen LogP contribution in [0, 0.1) is 0 Å². The Kier molecular flexibility index (Phi) is 6.78. The van der Waals surface area contributed by atoms with Gasteiger partial charge in [-0.05, 0) is 88.5 Å². The lowest BCUT2D eigenvalue weighted by molar-refractivity contribution is 0.0544. The number of aromatic nitrogens is 2. The Balaban J connectivity index is 1.48. The average molecular weight is 498 g/mol. The van der Waals surface area contributed by atoms with Gasteiger partial charge in [-0.15, -0.1) is 0 Å². The molecule has 0 N–H and O–H groups in total. The van der Waals surface area contributed by atoms with E-state index in [-0.39, 0.29) is 12.1 Å². The minimum atomic E-state index is -0.576. The van der Waals surface area contributed by atoms with Gasteiger partial charge in [0.1, 0.15) is 11.4 Å². The van der Waals surface area contributed by atoms with E-state index in [1.54, 1.807) is 11.7 Å². The number of pyridine rings is 1. The molecule has 0 spiro atoms. The number of carbonyl (C=O) groups is 1. The van der Waals surface area contributed by atoms with Crippen LogP contribution in [0.1, 0.15) is 63.7 Å². The molecule has 1 unspecified atom stereocenters. The molecule has 6 nitrogen and oxygen atoms in total. The van der Waals surface area contributed by atoms with Crippen molar-refractivity contribution in [2.75, 3.05) is 13.7 Å². The van der Waals surface area contributed by atoms with Gasteiger partial charge in [-0.3, -0.25) is 14.5 Å². The zero-order valence-corrected chi connectivity index (χ0v) is 22.3. The van der Waals surface area contributed by atoms with Crippen LogP contribution in [0.15, 0.2) is 73.1 Å². The van der Waals surface area contributed by atoms with E-state index in [1.165, 1.54) is 11.1 Å². The lowest BCUT2D eigenvalue weighted by Gasteiger charge is -2.31. The molecule has 3 heterocycles. The number of nitrogens with zero attached hydrogens (tertiary/aromatic N) is 3. The van der Waals surface area contributed by atoms with E-state index in [0.29, 0.717) is 6.04 Å². The van der Waals surface area contributed by atoms with Crippen molar-refractivity contribution in [2.24, 2.45) is 0 Å². The Labute approximate surface area is 218 Å². The van der Waals surface area contributed by atoms with E-state index >= 15 is 0 Å². The van der Waals surface area contributed by atoms with E-state index in [9.17, 15) is 4.79 Å². The van der Waals surface area contributed by atoms with Crippen molar-refractivity contribution in [1.29, 1.82) is 0 Å². The van der Waals surface area contributed by atoms with Crippen LogP contribution in [0.5, 0.6) is 5.75 Å². The van der Waals surface area contributed by atoms with E-state index < -0.39 is 5.60 Å². The van der Waals surface area contributed by atoms with Crippen LogP contribution in [0.4, 0.5) is 4.79 Å². The molecule has 2 aromatic heterocycles. The molecular weight excluding hydrogens is 462 g/mol. The van der Waals surface area contributed by atoms with E-state index in [4.69, 9.17) is 14.5 Å². The lowest BCUT2D eigenvalue weighted by atomic mass is 9.99. The second kappa shape index (κ2) is 10.0. The fourth-order valence-corrected chi connectivity index (χ4v) is 5.33. The number of hydrogen-bond acceptors (Lipinski definition) is 5. The molecule has 1 fully saturated rings. The Morgan fingerprint density at radius 1 is 1.08 bits per heavy atom. The van der Waals surface area contributed by atoms with Crippen LogP contribution in [-0.4, -0.2) is 39.8 Å². The first-order valence-electron chi connectivity index (χ1n) is 12.9. The predicted molar refractivity (Wildman–Crippen MR) is 147 cm³/mol. The molecule has 1 aliphatic rings. The van der Waals surface area contributed by atoms with Crippen LogP contribution in [0.25, 0.3) is 22.2 Å². The second-order valence-electron chi connectivity index (χ2n) is 10.7. The average Bonchev–Trinajstić information content (AvgIpc) is 3.53. The first-order valence-corrected chi connectivity index (χ1v) is 12.9. The van der Waals surface area contributed by atoms with Crippen molar-refractivity contribution in [3.8, 4) is 17.0 Å². The maximum Gasteiger partial charge on any atom is 0.419 e. The molecule has 0 amide bonds. The largest absolute Gasteiger partial charge is 0.497 e. The van der Waals surface area contributed by atoms with Crippen LogP contribution >= 0.6 is 0 Å². The number of benzene rings is 2. The molecule has 1 aliphatic heterocycles. The summed E-state index contributed by atoms with van der Waals surface area (Å²) in [6.07, 6.45) is 5.61. The quantitative estimate of drug-likeness (QED) is 0.288. The van der Waals surface area contributed by atoms with Crippen LogP contribution in [0.3, 0.4) is 0 Å². The van der Waals surface area contributed by atoms with Crippen molar-refractivity contribution in [3.63, 3.8) is 0 Å². The van der Waals surface area contributed by atoms with Gasteiger partial charge in [-0.25, -0.2) is 4.79 Å². The summed E-state index contributed by atoms with van der Waals surface area (Å²) < 4.78 is 12.6. The zero-order valence-electron chi connectivity index (χ0n) is 22.3. The van der Waals surface area contributed by atoms with Gasteiger partial charge in [0, 0.05) is 35.4 Å². The zero-order chi connectivity index (χ0) is 26.2. The van der Waals surface area contributed by atoms with E-state index in [1.807, 2.05) is 69.6 Å². The molecule has 1 saturated heterocycles. The smallest absolute Gasteiger partial charge is 0.419 e. The topological polar surface area (TPSA) is 56.6 Å². The number of rotatable bonds is 5. The minimum Gasteiger partial charge on any atom is -0.497 e. The number of ether oxygens (including phenoxy) is 2. The molecule has 6 heteroatoms. The number of para-hydroxylation sites is 1. The maximum atomic E-state index is 13.0. The molecule has 5 rings (SSSR count). The Bertz CT molecular complexity index is 1400. The minimum absolute atomic E-state index is 0.282. The van der Waals surface area contributed by atoms with Gasteiger partial charge in [0.15, 0.2) is 0 Å². The van der Waals surface area contributed by atoms with E-state index in [2.05, 4.69) is 36.1 Å². The van der Waals surface area contributed by atoms with Gasteiger partial charge < -0.3 is 9.47 Å². The first kappa shape index (κ1) is 25.0. The van der Waals surface area contributed by atoms with Crippen molar-refractivity contribution in [2.45, 2.75) is 58.2 Å². The number of likely N-dealkylation sites (tertiary alicyclic amines) is 1. The third-order valence-electron chi connectivity index (χ3n) is 7.14. The highest BCUT2D eigenvalue weighted by Crippen LogP contribution is 2.40. The normalized spacial score (nSPS) is 17.2. The van der Waals surface area contributed by atoms with Gasteiger partial charge >= 0.3 is 6.09 Å². The third kappa shape index (κ3) is 5.12. The van der Waals surface area contributed by atoms with Gasteiger partial charge in [-0.2, -0.15) is 0 Å². The number of fused-ring (bicyclic) bond motifs is 1. The monoisotopic (exact) mass is 497 g/mol. The predicted octanol–water partition coefficient (Wildman–Crippen LogP) is 7.39. The molecule has 0 bridgehead atoms. The second-order valence-corrected chi connectivity index (χ2v) is 10.7. The Morgan fingerprint density at radius 2 is 1.84 bits per heavy atom. The van der Waals surface area contributed by atoms with E-state index in [0.717, 1.165) is 47.3 Å². The van der Waals surface area contributed by atoms with Crippen molar-refractivity contribution < 1.29 is 14.3 Å². The van der Waals surface area contributed by atoms with Crippen LogP contribution < -0.4 is 4.74 Å². The third-order valence-corrected chi connectivity index (χ3v) is 7.14. The van der Waals surface area contributed by atoms with Gasteiger partial charge in [-0.1, -0.05) is 30.3 Å². The summed E-state index contributed by atoms with van der Waals surface area (Å²) in [5.41, 5.74) is 4.55. The maximum absolute atomic E-state index is 13.0. The Morgan fingerprint density at radius 3 is 2.57 bits per heavy atom. The van der Waals surface area contributed by atoms with Crippen molar-refractivity contribution >= 4 is 17.0 Å². The van der Waals surface area contributed by atoms with Gasteiger partial charge in [0.2, 0.25) is 0 Å². The molecular formula is C31H35N3O3. The van der Waals surface area contributed by atoms with Crippen LogP contribution in [0.2, 0.25) is 0 Å². The molecule has 2 aromatic carbocycles. The Hall–Kier alpha value is -3.64.